The maximum atomic E-state index is 14.2. The van der Waals surface area contributed by atoms with E-state index in [2.05, 4.69) is 21.2 Å². The molecule has 0 bridgehead atoms. The van der Waals surface area contributed by atoms with Crippen LogP contribution in [0.2, 0.25) is 0 Å². The van der Waals surface area contributed by atoms with Gasteiger partial charge in [0.2, 0.25) is 0 Å². The maximum Gasteiger partial charge on any atom is 0.256 e. The molecule has 6 rings (SSSR count). The van der Waals surface area contributed by atoms with Crippen molar-refractivity contribution in [2.24, 2.45) is 0 Å². The number of halogens is 2. The van der Waals surface area contributed by atoms with E-state index in [0.29, 0.717) is 51.5 Å². The van der Waals surface area contributed by atoms with Crippen molar-refractivity contribution >= 4 is 27.5 Å². The number of para-hydroxylation sites is 1. The lowest BCUT2D eigenvalue weighted by atomic mass is 9.77. The van der Waals surface area contributed by atoms with Gasteiger partial charge in [-0.2, -0.15) is 0 Å². The Bertz CT molecular complexity index is 1470. The molecule has 10 heteroatoms. The summed E-state index contributed by atoms with van der Waals surface area (Å²) < 4.78 is 26.7. The predicted molar refractivity (Wildman–Crippen MR) is 146 cm³/mol. The Hall–Kier alpha value is -3.50. The van der Waals surface area contributed by atoms with Crippen molar-refractivity contribution < 1.29 is 23.6 Å². The smallest absolute Gasteiger partial charge is 0.256 e. The highest BCUT2D eigenvalue weighted by Crippen LogP contribution is 2.58. The highest BCUT2D eigenvalue weighted by molar-refractivity contribution is 9.10. The average molecular weight is 596 g/mol. The number of hydrogen-bond donors (Lipinski definition) is 1. The monoisotopic (exact) mass is 595 g/mol. The molecule has 0 radical (unpaired) electrons. The number of ether oxygens (including phenoxy) is 2. The molecule has 0 aliphatic carbocycles. The van der Waals surface area contributed by atoms with Crippen molar-refractivity contribution in [1.82, 2.24) is 4.90 Å². The van der Waals surface area contributed by atoms with Crippen molar-refractivity contribution in [3.63, 3.8) is 0 Å². The summed E-state index contributed by atoms with van der Waals surface area (Å²) in [6.07, 6.45) is 1.57. The highest BCUT2D eigenvalue weighted by atomic mass is 79.9. The SMILES string of the molecule is CCOc1cc([C@@H]2[C@@H]3CCCN3[C@@]3(C(=O)Nc4ccccc43)[C@@H]2[N+](=O)[O-])cc(Br)c1OCc1ccccc1F. The van der Waals surface area contributed by atoms with Crippen LogP contribution in [0.15, 0.2) is 65.1 Å². The summed E-state index contributed by atoms with van der Waals surface area (Å²) in [5, 5.41) is 15.8. The van der Waals surface area contributed by atoms with Crippen LogP contribution in [0.5, 0.6) is 11.5 Å². The van der Waals surface area contributed by atoms with Crippen LogP contribution < -0.4 is 14.8 Å². The molecule has 1 spiro atoms. The molecule has 0 unspecified atom stereocenters. The molecule has 4 atom stereocenters. The zero-order valence-corrected chi connectivity index (χ0v) is 22.8. The first kappa shape index (κ1) is 25.8. The molecule has 3 aromatic rings. The minimum atomic E-state index is -1.40. The van der Waals surface area contributed by atoms with E-state index in [-0.39, 0.29) is 29.3 Å². The average Bonchev–Trinajstić information content (AvgIpc) is 3.57. The fourth-order valence-electron chi connectivity index (χ4n) is 6.72. The Labute approximate surface area is 233 Å². The number of carbonyl (C=O) groups excluding carboxylic acids is 1. The Kier molecular flexibility index (Phi) is 6.55. The zero-order chi connectivity index (χ0) is 27.3. The van der Waals surface area contributed by atoms with Crippen LogP contribution >= 0.6 is 15.9 Å². The van der Waals surface area contributed by atoms with Crippen LogP contribution in [0.3, 0.4) is 0 Å². The lowest BCUT2D eigenvalue weighted by Crippen LogP contribution is -2.55. The first-order chi connectivity index (χ1) is 18.9. The van der Waals surface area contributed by atoms with E-state index in [1.165, 1.54) is 6.07 Å². The molecule has 1 N–H and O–H groups in total. The van der Waals surface area contributed by atoms with Gasteiger partial charge in [0.05, 0.1) is 17.0 Å². The van der Waals surface area contributed by atoms with E-state index in [9.17, 15) is 19.3 Å². The summed E-state index contributed by atoms with van der Waals surface area (Å²) in [5.74, 6) is -0.502. The third kappa shape index (κ3) is 3.91. The van der Waals surface area contributed by atoms with Crippen molar-refractivity contribution in [3.8, 4) is 11.5 Å². The van der Waals surface area contributed by atoms with Gasteiger partial charge < -0.3 is 14.8 Å². The molecule has 0 saturated carbocycles. The molecule has 3 aromatic carbocycles. The van der Waals surface area contributed by atoms with Gasteiger partial charge in [-0.15, -0.1) is 0 Å². The second-order valence-corrected chi connectivity index (χ2v) is 10.9. The van der Waals surface area contributed by atoms with Crippen LogP contribution in [0.25, 0.3) is 0 Å². The normalized spacial score (nSPS) is 25.4. The van der Waals surface area contributed by atoms with Crippen LogP contribution in [0.4, 0.5) is 10.1 Å². The third-order valence-corrected chi connectivity index (χ3v) is 8.73. The number of benzene rings is 3. The number of nitrogens with one attached hydrogen (secondary N) is 1. The summed E-state index contributed by atoms with van der Waals surface area (Å²) in [6.45, 7) is 2.76. The van der Waals surface area contributed by atoms with Gasteiger partial charge in [0, 0.05) is 34.3 Å². The molecular weight excluding hydrogens is 569 g/mol. The number of fused-ring (bicyclic) bond motifs is 4. The Morgan fingerprint density at radius 1 is 1.18 bits per heavy atom. The molecule has 0 aromatic heterocycles. The van der Waals surface area contributed by atoms with E-state index in [4.69, 9.17) is 9.47 Å². The molecule has 39 heavy (non-hydrogen) atoms. The summed E-state index contributed by atoms with van der Waals surface area (Å²) in [6, 6.07) is 15.8. The van der Waals surface area contributed by atoms with Gasteiger partial charge in [-0.05, 0) is 65.5 Å². The van der Waals surface area contributed by atoms with E-state index in [0.717, 1.165) is 12.8 Å². The van der Waals surface area contributed by atoms with Crippen molar-refractivity contribution in [2.75, 3.05) is 18.5 Å². The van der Waals surface area contributed by atoms with E-state index in [1.54, 1.807) is 30.3 Å². The minimum absolute atomic E-state index is 0.0118. The largest absolute Gasteiger partial charge is 0.490 e. The maximum absolute atomic E-state index is 14.2. The molecule has 1 amide bonds. The third-order valence-electron chi connectivity index (χ3n) is 8.14. The van der Waals surface area contributed by atoms with E-state index < -0.39 is 17.5 Å². The number of nitro groups is 1. The first-order valence-corrected chi connectivity index (χ1v) is 13.8. The quantitative estimate of drug-likeness (QED) is 0.281. The minimum Gasteiger partial charge on any atom is -0.490 e. The molecule has 202 valence electrons. The number of anilines is 1. The number of amides is 1. The second-order valence-electron chi connectivity index (χ2n) is 10.1. The molecule has 2 saturated heterocycles. The predicted octanol–water partition coefficient (Wildman–Crippen LogP) is 5.62. The van der Waals surface area contributed by atoms with Crippen molar-refractivity contribution in [1.29, 1.82) is 0 Å². The first-order valence-electron chi connectivity index (χ1n) is 13.0. The molecule has 3 heterocycles. The highest BCUT2D eigenvalue weighted by Gasteiger charge is 2.73. The van der Waals surface area contributed by atoms with Crippen molar-refractivity contribution in [3.05, 3.63) is 97.8 Å². The number of hydrogen-bond acceptors (Lipinski definition) is 6. The summed E-state index contributed by atoms with van der Waals surface area (Å²) in [5.41, 5.74) is 0.962. The summed E-state index contributed by atoms with van der Waals surface area (Å²) in [7, 11) is 0. The lowest BCUT2D eigenvalue weighted by Gasteiger charge is -2.32. The molecule has 2 fully saturated rings. The zero-order valence-electron chi connectivity index (χ0n) is 21.2. The van der Waals surface area contributed by atoms with Gasteiger partial charge in [0.1, 0.15) is 12.4 Å². The van der Waals surface area contributed by atoms with Crippen molar-refractivity contribution in [2.45, 2.75) is 49.9 Å². The molecule has 8 nitrogen and oxygen atoms in total. The van der Waals surface area contributed by atoms with Gasteiger partial charge in [-0.3, -0.25) is 19.8 Å². The summed E-state index contributed by atoms with van der Waals surface area (Å²) in [4.78, 5) is 28.3. The van der Waals surface area contributed by atoms with E-state index in [1.807, 2.05) is 36.1 Å². The van der Waals surface area contributed by atoms with Crippen LogP contribution in [-0.4, -0.2) is 41.0 Å². The fraction of sp³-hybridized carbons (Fsp3) is 0.345. The number of carbonyl (C=O) groups is 1. The fourth-order valence-corrected chi connectivity index (χ4v) is 7.30. The molecule has 3 aliphatic rings. The Balaban J connectivity index is 1.45. The van der Waals surface area contributed by atoms with Gasteiger partial charge in [-0.1, -0.05) is 36.4 Å². The molecule has 3 aliphatic heterocycles. The lowest BCUT2D eigenvalue weighted by molar-refractivity contribution is -0.534. The second kappa shape index (κ2) is 9.91. The van der Waals surface area contributed by atoms with Gasteiger partial charge in [0.25, 0.3) is 11.9 Å². The number of nitrogens with zero attached hydrogens (tertiary/aromatic N) is 2. The topological polar surface area (TPSA) is 93.9 Å². The molecular formula is C29H27BrFN3O5. The van der Waals surface area contributed by atoms with E-state index >= 15 is 0 Å². The number of rotatable bonds is 7. The van der Waals surface area contributed by atoms with Crippen LogP contribution in [-0.2, 0) is 16.9 Å². The van der Waals surface area contributed by atoms with Crippen LogP contribution in [0, 0.1) is 15.9 Å². The Morgan fingerprint density at radius 2 is 1.95 bits per heavy atom. The standard InChI is InChI=1S/C29H27BrFN3O5/c1-2-38-24-15-18(14-20(30)26(24)39-16-17-8-3-5-10-21(17)31)25-23-12-7-13-33(23)29(27(25)34(36)37)19-9-4-6-11-22(19)32-28(29)35/h3-6,8-11,14-15,23,25,27H,2,7,12-13,16H2,1H3,(H,32,35)/t23-,25+,27+,29+/m0/s1. The van der Waals surface area contributed by atoms with Crippen LogP contribution in [0.1, 0.15) is 42.4 Å². The van der Waals surface area contributed by atoms with Gasteiger partial charge in [0.15, 0.2) is 17.0 Å². The van der Waals surface area contributed by atoms with Gasteiger partial charge in [-0.25, -0.2) is 4.39 Å². The summed E-state index contributed by atoms with van der Waals surface area (Å²) >= 11 is 3.59. The van der Waals surface area contributed by atoms with Gasteiger partial charge >= 0.3 is 0 Å². The Morgan fingerprint density at radius 3 is 2.72 bits per heavy atom.